The molecule has 1 aromatic carbocycles. The van der Waals surface area contributed by atoms with E-state index in [2.05, 4.69) is 44.8 Å². The van der Waals surface area contributed by atoms with Crippen LogP contribution in [0.15, 0.2) is 72.2 Å². The number of rotatable bonds is 6. The van der Waals surface area contributed by atoms with Crippen molar-refractivity contribution in [2.45, 2.75) is 25.4 Å². The third-order valence-electron chi connectivity index (χ3n) is 5.32. The summed E-state index contributed by atoms with van der Waals surface area (Å²) in [6.07, 6.45) is 3.62. The molecule has 1 aliphatic heterocycles. The number of aromatic nitrogens is 1. The molecular formula is C23H25N3OS. The van der Waals surface area contributed by atoms with Crippen molar-refractivity contribution < 1.29 is 4.79 Å². The van der Waals surface area contributed by atoms with Crippen molar-refractivity contribution >= 4 is 17.2 Å². The number of carbonyl (C=O) groups excluding carboxylic acids is 1. The Morgan fingerprint density at radius 2 is 1.86 bits per heavy atom. The highest BCUT2D eigenvalue weighted by molar-refractivity contribution is 7.10. The summed E-state index contributed by atoms with van der Waals surface area (Å²) in [4.78, 5) is 21.0. The fraction of sp³-hybridized carbons (Fsp3) is 0.304. The number of pyridine rings is 1. The molecule has 4 rings (SSSR count). The molecule has 0 saturated carbocycles. The minimum absolute atomic E-state index is 0.0692. The van der Waals surface area contributed by atoms with Crippen LogP contribution >= 0.6 is 11.3 Å². The van der Waals surface area contributed by atoms with E-state index in [1.165, 1.54) is 4.88 Å². The van der Waals surface area contributed by atoms with Crippen LogP contribution in [0.5, 0.6) is 0 Å². The molecule has 4 nitrogen and oxygen atoms in total. The third-order valence-corrected chi connectivity index (χ3v) is 6.25. The Balaban J connectivity index is 1.36. The number of thiophene rings is 1. The van der Waals surface area contributed by atoms with Crippen LogP contribution in [0.25, 0.3) is 0 Å². The minimum atomic E-state index is -0.0692. The lowest BCUT2D eigenvalue weighted by Crippen LogP contribution is -2.41. The molecular weight excluding hydrogens is 366 g/mol. The van der Waals surface area contributed by atoms with Gasteiger partial charge in [0.05, 0.1) is 11.7 Å². The predicted octanol–water partition coefficient (Wildman–Crippen LogP) is 4.26. The molecule has 3 heterocycles. The second-order valence-electron chi connectivity index (χ2n) is 7.24. The predicted molar refractivity (Wildman–Crippen MR) is 113 cm³/mol. The smallest absolute Gasteiger partial charge is 0.223 e. The second kappa shape index (κ2) is 9.13. The first-order chi connectivity index (χ1) is 13.8. The summed E-state index contributed by atoms with van der Waals surface area (Å²) in [7, 11) is 0. The van der Waals surface area contributed by atoms with Gasteiger partial charge in [-0.05, 0) is 55.1 Å². The molecule has 5 heteroatoms. The third kappa shape index (κ3) is 4.66. The van der Waals surface area contributed by atoms with Gasteiger partial charge in [0.15, 0.2) is 0 Å². The number of likely N-dealkylation sites (tertiary alicyclic amines) is 1. The maximum Gasteiger partial charge on any atom is 0.223 e. The number of piperidine rings is 1. The maximum atomic E-state index is 13.0. The summed E-state index contributed by atoms with van der Waals surface area (Å²) >= 11 is 1.69. The van der Waals surface area contributed by atoms with Gasteiger partial charge in [0, 0.05) is 23.5 Å². The molecule has 0 radical (unpaired) electrons. The van der Waals surface area contributed by atoms with Gasteiger partial charge in [0.2, 0.25) is 5.91 Å². The van der Waals surface area contributed by atoms with Crippen LogP contribution in [-0.2, 0) is 11.3 Å². The van der Waals surface area contributed by atoms with Crippen molar-refractivity contribution in [2.24, 2.45) is 5.92 Å². The van der Waals surface area contributed by atoms with Crippen LogP contribution in [0.4, 0.5) is 0 Å². The zero-order valence-corrected chi connectivity index (χ0v) is 16.6. The second-order valence-corrected chi connectivity index (χ2v) is 8.22. The molecule has 1 unspecified atom stereocenters. The van der Waals surface area contributed by atoms with Crippen LogP contribution in [-0.4, -0.2) is 28.9 Å². The molecule has 0 aliphatic carbocycles. The number of hydrogen-bond donors (Lipinski definition) is 1. The fourth-order valence-corrected chi connectivity index (χ4v) is 4.56. The molecule has 2 aromatic heterocycles. The number of carbonyl (C=O) groups is 1. The van der Waals surface area contributed by atoms with E-state index in [0.717, 1.165) is 43.7 Å². The van der Waals surface area contributed by atoms with Gasteiger partial charge < -0.3 is 5.32 Å². The Morgan fingerprint density at radius 3 is 2.54 bits per heavy atom. The lowest BCUT2D eigenvalue weighted by atomic mass is 9.94. The van der Waals surface area contributed by atoms with Crippen LogP contribution in [0, 0.1) is 5.92 Å². The van der Waals surface area contributed by atoms with Crippen molar-refractivity contribution in [3.05, 3.63) is 88.4 Å². The van der Waals surface area contributed by atoms with Gasteiger partial charge >= 0.3 is 0 Å². The monoisotopic (exact) mass is 391 g/mol. The minimum Gasteiger partial charge on any atom is -0.344 e. The SMILES string of the molecule is O=C(NC(c1ccccc1)c1cccs1)C1CCN(Cc2ccccn2)CC1. The first-order valence-electron chi connectivity index (χ1n) is 9.80. The van der Waals surface area contributed by atoms with Crippen molar-refractivity contribution in [2.75, 3.05) is 13.1 Å². The molecule has 1 amide bonds. The van der Waals surface area contributed by atoms with E-state index in [1.54, 1.807) is 11.3 Å². The topological polar surface area (TPSA) is 45.2 Å². The largest absolute Gasteiger partial charge is 0.344 e. The number of nitrogens with zero attached hydrogens (tertiary/aromatic N) is 2. The fourth-order valence-electron chi connectivity index (χ4n) is 3.75. The Bertz CT molecular complexity index is 859. The average Bonchev–Trinajstić information content (AvgIpc) is 3.28. The van der Waals surface area contributed by atoms with Gasteiger partial charge in [-0.2, -0.15) is 0 Å². The van der Waals surface area contributed by atoms with Gasteiger partial charge in [-0.1, -0.05) is 42.5 Å². The molecule has 0 bridgehead atoms. The molecule has 0 spiro atoms. The van der Waals surface area contributed by atoms with Crippen LogP contribution in [0.2, 0.25) is 0 Å². The van der Waals surface area contributed by atoms with E-state index in [4.69, 9.17) is 0 Å². The molecule has 1 N–H and O–H groups in total. The van der Waals surface area contributed by atoms with Crippen molar-refractivity contribution in [1.82, 2.24) is 15.2 Å². The summed E-state index contributed by atoms with van der Waals surface area (Å²) in [6.45, 7) is 2.73. The van der Waals surface area contributed by atoms with Crippen LogP contribution < -0.4 is 5.32 Å². The maximum absolute atomic E-state index is 13.0. The zero-order valence-electron chi connectivity index (χ0n) is 15.8. The summed E-state index contributed by atoms with van der Waals surface area (Å²) in [5.74, 6) is 0.242. The highest BCUT2D eigenvalue weighted by Gasteiger charge is 2.27. The van der Waals surface area contributed by atoms with E-state index < -0.39 is 0 Å². The molecule has 1 aliphatic rings. The van der Waals surface area contributed by atoms with E-state index >= 15 is 0 Å². The Labute approximate surface area is 170 Å². The van der Waals surface area contributed by atoms with E-state index in [0.29, 0.717) is 0 Å². The van der Waals surface area contributed by atoms with E-state index in [-0.39, 0.29) is 17.9 Å². The van der Waals surface area contributed by atoms with Crippen molar-refractivity contribution in [3.63, 3.8) is 0 Å². The standard InChI is InChI=1S/C23H25N3OS/c27-23(19-11-14-26(15-12-19)17-20-9-4-5-13-24-20)25-22(21-10-6-16-28-21)18-7-2-1-3-8-18/h1-10,13,16,19,22H,11-12,14-15,17H2,(H,25,27). The quantitative estimate of drug-likeness (QED) is 0.683. The van der Waals surface area contributed by atoms with E-state index in [9.17, 15) is 4.79 Å². The first kappa shape index (κ1) is 18.8. The lowest BCUT2D eigenvalue weighted by molar-refractivity contribution is -0.127. The van der Waals surface area contributed by atoms with Gasteiger partial charge in [-0.25, -0.2) is 0 Å². The molecule has 1 atom stereocenters. The molecule has 1 fully saturated rings. The van der Waals surface area contributed by atoms with Gasteiger partial charge in [-0.15, -0.1) is 11.3 Å². The Morgan fingerprint density at radius 1 is 1.07 bits per heavy atom. The van der Waals surface area contributed by atoms with Crippen molar-refractivity contribution in [3.8, 4) is 0 Å². The first-order valence-corrected chi connectivity index (χ1v) is 10.7. The Hall–Kier alpha value is -2.50. The van der Waals surface area contributed by atoms with Gasteiger partial charge in [0.25, 0.3) is 0 Å². The Kier molecular flexibility index (Phi) is 6.14. The van der Waals surface area contributed by atoms with E-state index in [1.807, 2.05) is 42.6 Å². The van der Waals surface area contributed by atoms with Gasteiger partial charge in [0.1, 0.15) is 0 Å². The lowest BCUT2D eigenvalue weighted by Gasteiger charge is -2.32. The summed E-state index contributed by atoms with van der Waals surface area (Å²) in [5, 5.41) is 5.37. The molecule has 144 valence electrons. The number of amides is 1. The van der Waals surface area contributed by atoms with Crippen LogP contribution in [0.3, 0.4) is 0 Å². The normalized spacial score (nSPS) is 16.6. The summed E-state index contributed by atoms with van der Waals surface area (Å²) in [5.41, 5.74) is 2.22. The number of hydrogen-bond acceptors (Lipinski definition) is 4. The number of nitrogens with one attached hydrogen (secondary N) is 1. The highest BCUT2D eigenvalue weighted by Crippen LogP contribution is 2.27. The zero-order chi connectivity index (χ0) is 19.2. The number of benzene rings is 1. The molecule has 3 aromatic rings. The average molecular weight is 392 g/mol. The summed E-state index contributed by atoms with van der Waals surface area (Å²) in [6, 6.07) is 20.3. The molecule has 28 heavy (non-hydrogen) atoms. The summed E-state index contributed by atoms with van der Waals surface area (Å²) < 4.78 is 0. The van der Waals surface area contributed by atoms with Gasteiger partial charge in [-0.3, -0.25) is 14.7 Å². The molecule has 1 saturated heterocycles. The highest BCUT2D eigenvalue weighted by atomic mass is 32.1. The van der Waals surface area contributed by atoms with Crippen LogP contribution in [0.1, 0.15) is 35.0 Å². The van der Waals surface area contributed by atoms with Crippen molar-refractivity contribution in [1.29, 1.82) is 0 Å².